The number of furan rings is 1. The van der Waals surface area contributed by atoms with Crippen LogP contribution >= 0.6 is 0 Å². The first-order valence-corrected chi connectivity index (χ1v) is 9.34. The number of anilines is 2. The lowest BCUT2D eigenvalue weighted by atomic mass is 10.1. The van der Waals surface area contributed by atoms with Gasteiger partial charge >= 0.3 is 6.03 Å². The molecule has 8 heteroatoms. The predicted molar refractivity (Wildman–Crippen MR) is 107 cm³/mol. The molecular weight excluding hydrogens is 374 g/mol. The molecule has 8 nitrogen and oxygen atoms in total. The van der Waals surface area contributed by atoms with Crippen LogP contribution in [0.5, 0.6) is 0 Å². The first-order chi connectivity index (χ1) is 13.9. The molecular formula is C21H21N3O5. The van der Waals surface area contributed by atoms with Crippen LogP contribution in [-0.4, -0.2) is 44.1 Å². The fourth-order valence-electron chi connectivity index (χ4n) is 3.49. The topological polar surface area (TPSA) is 92.1 Å². The number of aryl methyl sites for hydroxylation is 2. The molecule has 150 valence electrons. The van der Waals surface area contributed by atoms with E-state index >= 15 is 0 Å². The van der Waals surface area contributed by atoms with E-state index in [1.807, 2.05) is 24.8 Å². The van der Waals surface area contributed by atoms with Gasteiger partial charge in [-0.2, -0.15) is 0 Å². The Hall–Kier alpha value is -3.39. The van der Waals surface area contributed by atoms with E-state index in [9.17, 15) is 14.4 Å². The van der Waals surface area contributed by atoms with Gasteiger partial charge in [-0.1, -0.05) is 6.07 Å². The molecule has 1 N–H and O–H groups in total. The number of carbonyl (C=O) groups excluding carboxylic acids is 3. The Bertz CT molecular complexity index is 997. The molecule has 2 fully saturated rings. The zero-order valence-electron chi connectivity index (χ0n) is 16.2. The first-order valence-electron chi connectivity index (χ1n) is 9.34. The smallest absolute Gasteiger partial charge is 0.335 e. The number of imide groups is 2. The highest BCUT2D eigenvalue weighted by molar-refractivity contribution is 6.39. The summed E-state index contributed by atoms with van der Waals surface area (Å²) in [5, 5.41) is 2.23. The summed E-state index contributed by atoms with van der Waals surface area (Å²) >= 11 is 0. The van der Waals surface area contributed by atoms with Crippen LogP contribution in [0, 0.1) is 13.8 Å². The van der Waals surface area contributed by atoms with Crippen LogP contribution in [0.15, 0.2) is 40.3 Å². The Balaban J connectivity index is 1.64. The van der Waals surface area contributed by atoms with Crippen molar-refractivity contribution in [1.82, 2.24) is 5.32 Å². The summed E-state index contributed by atoms with van der Waals surface area (Å²) in [5.41, 5.74) is 2.07. The lowest BCUT2D eigenvalue weighted by Gasteiger charge is -2.27. The second-order valence-electron chi connectivity index (χ2n) is 7.08. The van der Waals surface area contributed by atoms with Crippen LogP contribution < -0.4 is 15.1 Å². The standard InChI is InChI=1S/C21H21N3O5/c1-13-9-14(2)11-15(10-13)24-20(26)17(19(25)22-21(24)27)12-16-3-4-18(29-16)23-5-7-28-8-6-23/h3-4,9-12H,5-8H2,1-2H3,(H,22,25,27). The van der Waals surface area contributed by atoms with Crippen LogP contribution in [0.3, 0.4) is 0 Å². The van der Waals surface area contributed by atoms with Gasteiger partial charge in [0.1, 0.15) is 11.3 Å². The molecule has 2 aliphatic heterocycles. The number of barbiturate groups is 1. The van der Waals surface area contributed by atoms with Crippen molar-refractivity contribution in [3.63, 3.8) is 0 Å². The van der Waals surface area contributed by atoms with Crippen molar-refractivity contribution in [2.45, 2.75) is 13.8 Å². The monoisotopic (exact) mass is 395 g/mol. The summed E-state index contributed by atoms with van der Waals surface area (Å²) in [6.07, 6.45) is 1.36. The van der Waals surface area contributed by atoms with Gasteiger partial charge in [0, 0.05) is 19.2 Å². The van der Waals surface area contributed by atoms with Gasteiger partial charge < -0.3 is 14.1 Å². The van der Waals surface area contributed by atoms with Gasteiger partial charge in [0.05, 0.1) is 18.9 Å². The number of nitrogens with one attached hydrogen (secondary N) is 1. The molecule has 1 aromatic heterocycles. The molecule has 29 heavy (non-hydrogen) atoms. The predicted octanol–water partition coefficient (Wildman–Crippen LogP) is 2.40. The molecule has 1 aromatic carbocycles. The van der Waals surface area contributed by atoms with E-state index in [-0.39, 0.29) is 5.57 Å². The second kappa shape index (κ2) is 7.56. The van der Waals surface area contributed by atoms with Gasteiger partial charge in [-0.05, 0) is 49.2 Å². The van der Waals surface area contributed by atoms with Crippen molar-refractivity contribution < 1.29 is 23.5 Å². The molecule has 0 unspecified atom stereocenters. The van der Waals surface area contributed by atoms with E-state index in [1.54, 1.807) is 24.3 Å². The number of ether oxygens (including phenoxy) is 1. The number of amides is 4. The van der Waals surface area contributed by atoms with E-state index in [2.05, 4.69) is 5.32 Å². The zero-order chi connectivity index (χ0) is 20.5. The number of carbonyl (C=O) groups is 3. The third-order valence-electron chi connectivity index (χ3n) is 4.79. The zero-order valence-corrected chi connectivity index (χ0v) is 16.2. The Labute approximate surface area is 167 Å². The number of benzene rings is 1. The molecule has 0 spiro atoms. The van der Waals surface area contributed by atoms with Crippen LogP contribution in [0.2, 0.25) is 0 Å². The number of hydrogen-bond donors (Lipinski definition) is 1. The molecule has 0 radical (unpaired) electrons. The van der Waals surface area contributed by atoms with Crippen LogP contribution in [0.1, 0.15) is 16.9 Å². The van der Waals surface area contributed by atoms with Gasteiger partial charge in [-0.3, -0.25) is 14.9 Å². The maximum Gasteiger partial charge on any atom is 0.335 e. The van der Waals surface area contributed by atoms with Crippen molar-refractivity contribution in [1.29, 1.82) is 0 Å². The molecule has 4 amide bonds. The summed E-state index contributed by atoms with van der Waals surface area (Å²) in [7, 11) is 0. The molecule has 0 atom stereocenters. The minimum Gasteiger partial charge on any atom is -0.441 e. The normalized spacial score (nSPS) is 19.1. The number of hydrogen-bond acceptors (Lipinski definition) is 6. The second-order valence-corrected chi connectivity index (χ2v) is 7.08. The average molecular weight is 395 g/mol. The summed E-state index contributed by atoms with van der Waals surface area (Å²) in [6.45, 7) is 6.40. The Morgan fingerprint density at radius 1 is 1.00 bits per heavy atom. The van der Waals surface area contributed by atoms with E-state index in [1.165, 1.54) is 6.08 Å². The van der Waals surface area contributed by atoms with Crippen molar-refractivity contribution >= 4 is 35.5 Å². The summed E-state index contributed by atoms with van der Waals surface area (Å²) in [4.78, 5) is 40.7. The highest BCUT2D eigenvalue weighted by atomic mass is 16.5. The van der Waals surface area contributed by atoms with E-state index < -0.39 is 17.8 Å². The maximum atomic E-state index is 13.0. The van der Waals surface area contributed by atoms with Crippen molar-refractivity contribution in [2.75, 3.05) is 36.1 Å². The van der Waals surface area contributed by atoms with Gasteiger partial charge in [0.2, 0.25) is 0 Å². The van der Waals surface area contributed by atoms with Crippen LogP contribution in [-0.2, 0) is 14.3 Å². The molecule has 0 aliphatic carbocycles. The van der Waals surface area contributed by atoms with Crippen molar-refractivity contribution in [2.24, 2.45) is 0 Å². The maximum absolute atomic E-state index is 13.0. The van der Waals surface area contributed by atoms with E-state index in [0.29, 0.717) is 43.6 Å². The van der Waals surface area contributed by atoms with Crippen LogP contribution in [0.25, 0.3) is 6.08 Å². The van der Waals surface area contributed by atoms with E-state index in [0.717, 1.165) is 16.0 Å². The molecule has 3 heterocycles. The Kier molecular flexibility index (Phi) is 4.94. The molecule has 2 saturated heterocycles. The van der Waals surface area contributed by atoms with Gasteiger partial charge in [-0.15, -0.1) is 0 Å². The largest absolute Gasteiger partial charge is 0.441 e. The molecule has 2 aliphatic rings. The summed E-state index contributed by atoms with van der Waals surface area (Å²) in [5.74, 6) is -0.427. The highest BCUT2D eigenvalue weighted by Gasteiger charge is 2.37. The minimum atomic E-state index is -0.768. The molecule has 0 bridgehead atoms. The summed E-state index contributed by atoms with van der Waals surface area (Å²) in [6, 6.07) is 8.10. The molecule has 4 rings (SSSR count). The Morgan fingerprint density at radius 3 is 2.38 bits per heavy atom. The SMILES string of the molecule is Cc1cc(C)cc(N2C(=O)NC(=O)C(=Cc3ccc(N4CCOCC4)o3)C2=O)c1. The number of morpholine rings is 1. The van der Waals surface area contributed by atoms with Gasteiger partial charge in [0.15, 0.2) is 5.88 Å². The fourth-order valence-corrected chi connectivity index (χ4v) is 3.49. The van der Waals surface area contributed by atoms with Crippen molar-refractivity contribution in [3.05, 3.63) is 52.8 Å². The molecule has 0 saturated carbocycles. The lowest BCUT2D eigenvalue weighted by Crippen LogP contribution is -2.54. The molecule has 2 aromatic rings. The third-order valence-corrected chi connectivity index (χ3v) is 4.79. The minimum absolute atomic E-state index is 0.161. The lowest BCUT2D eigenvalue weighted by molar-refractivity contribution is -0.122. The fraction of sp³-hybridized carbons (Fsp3) is 0.286. The van der Waals surface area contributed by atoms with Crippen LogP contribution in [0.4, 0.5) is 16.4 Å². The van der Waals surface area contributed by atoms with Crippen molar-refractivity contribution in [3.8, 4) is 0 Å². The quantitative estimate of drug-likeness (QED) is 0.634. The van der Waals surface area contributed by atoms with Gasteiger partial charge in [-0.25, -0.2) is 9.69 Å². The first kappa shape index (κ1) is 18.9. The van der Waals surface area contributed by atoms with E-state index in [4.69, 9.17) is 9.15 Å². The average Bonchev–Trinajstić information content (AvgIpc) is 3.14. The number of urea groups is 1. The van der Waals surface area contributed by atoms with Gasteiger partial charge in [0.25, 0.3) is 11.8 Å². The summed E-state index contributed by atoms with van der Waals surface area (Å²) < 4.78 is 11.1. The third kappa shape index (κ3) is 3.79. The Morgan fingerprint density at radius 2 is 1.69 bits per heavy atom. The highest BCUT2D eigenvalue weighted by Crippen LogP contribution is 2.26. The number of nitrogens with zero attached hydrogens (tertiary/aromatic N) is 2. The number of rotatable bonds is 3.